The van der Waals surface area contributed by atoms with Gasteiger partial charge in [-0.15, -0.1) is 10.2 Å². The van der Waals surface area contributed by atoms with Crippen LogP contribution in [0.15, 0.2) is 24.3 Å². The van der Waals surface area contributed by atoms with Crippen molar-refractivity contribution in [2.45, 2.75) is 26.3 Å². The van der Waals surface area contributed by atoms with Gasteiger partial charge in [0.1, 0.15) is 11.5 Å². The van der Waals surface area contributed by atoms with E-state index in [1.165, 1.54) is 14.2 Å². The van der Waals surface area contributed by atoms with Gasteiger partial charge in [0, 0.05) is 17.7 Å². The first kappa shape index (κ1) is 18.8. The van der Waals surface area contributed by atoms with Crippen LogP contribution >= 0.6 is 11.6 Å². The zero-order chi connectivity index (χ0) is 18.6. The zero-order valence-electron chi connectivity index (χ0n) is 14.8. The Morgan fingerprint density at radius 2 is 1.76 bits per heavy atom. The van der Waals surface area contributed by atoms with Crippen LogP contribution in [0.1, 0.15) is 31.3 Å². The van der Waals surface area contributed by atoms with Crippen molar-refractivity contribution in [2.75, 3.05) is 19.5 Å². The second kappa shape index (κ2) is 7.57. The second-order valence-electron chi connectivity index (χ2n) is 6.32. The molecule has 0 saturated carbocycles. The molecule has 2 aromatic rings. The van der Waals surface area contributed by atoms with Crippen LogP contribution in [0, 0.1) is 0 Å². The summed E-state index contributed by atoms with van der Waals surface area (Å²) in [5.41, 5.74) is 0.509. The molecular weight excluding hydrogens is 344 g/mol. The number of anilines is 2. The minimum Gasteiger partial charge on any atom is -0.495 e. The van der Waals surface area contributed by atoms with E-state index in [2.05, 4.69) is 20.8 Å². The van der Waals surface area contributed by atoms with Gasteiger partial charge in [-0.3, -0.25) is 4.79 Å². The van der Waals surface area contributed by atoms with Gasteiger partial charge in [0.15, 0.2) is 11.5 Å². The van der Waals surface area contributed by atoms with Crippen molar-refractivity contribution in [3.05, 3.63) is 35.0 Å². The first-order valence-electron chi connectivity index (χ1n) is 7.58. The minimum absolute atomic E-state index is 0.237. The SMILES string of the molecule is COc1cc(Nc2ccc(C(=O)NC(C)(C)C)nn2)c(OC)cc1Cl. The molecule has 8 heteroatoms. The van der Waals surface area contributed by atoms with Crippen LogP contribution in [-0.2, 0) is 0 Å². The third-order valence-electron chi connectivity index (χ3n) is 3.12. The minimum atomic E-state index is -0.344. The van der Waals surface area contributed by atoms with E-state index < -0.39 is 0 Å². The van der Waals surface area contributed by atoms with Gasteiger partial charge in [0.05, 0.1) is 24.9 Å². The largest absolute Gasteiger partial charge is 0.495 e. The van der Waals surface area contributed by atoms with Crippen LogP contribution in [0.5, 0.6) is 11.5 Å². The predicted octanol–water partition coefficient (Wildman–Crippen LogP) is 3.42. The summed E-state index contributed by atoms with van der Waals surface area (Å²) >= 11 is 6.09. The third-order valence-corrected chi connectivity index (χ3v) is 3.42. The highest BCUT2D eigenvalue weighted by atomic mass is 35.5. The summed E-state index contributed by atoms with van der Waals surface area (Å²) in [4.78, 5) is 12.1. The van der Waals surface area contributed by atoms with Crippen molar-refractivity contribution in [2.24, 2.45) is 0 Å². The van der Waals surface area contributed by atoms with E-state index in [0.29, 0.717) is 28.0 Å². The number of nitrogens with one attached hydrogen (secondary N) is 2. The van der Waals surface area contributed by atoms with Crippen LogP contribution in [0.4, 0.5) is 11.5 Å². The highest BCUT2D eigenvalue weighted by Crippen LogP contribution is 2.36. The standard InChI is InChI=1S/C17H21ClN4O3/c1-17(2,3)20-16(23)11-6-7-15(22-21-11)19-12-9-13(24-4)10(18)8-14(12)25-5/h6-9H,1-5H3,(H,19,22)(H,20,23). The summed E-state index contributed by atoms with van der Waals surface area (Å²) in [6, 6.07) is 6.59. The third kappa shape index (κ3) is 4.96. The fourth-order valence-corrected chi connectivity index (χ4v) is 2.25. The monoisotopic (exact) mass is 364 g/mol. The summed E-state index contributed by atoms with van der Waals surface area (Å²) in [7, 11) is 3.06. The molecule has 1 amide bonds. The maximum absolute atomic E-state index is 12.1. The average molecular weight is 365 g/mol. The Morgan fingerprint density at radius 3 is 2.28 bits per heavy atom. The summed E-state index contributed by atoms with van der Waals surface area (Å²) in [6.45, 7) is 5.69. The molecule has 0 bridgehead atoms. The highest BCUT2D eigenvalue weighted by Gasteiger charge is 2.17. The number of amides is 1. The molecule has 0 saturated heterocycles. The normalized spacial score (nSPS) is 11.0. The maximum Gasteiger partial charge on any atom is 0.272 e. The molecule has 7 nitrogen and oxygen atoms in total. The number of rotatable bonds is 5. The molecule has 0 radical (unpaired) electrons. The molecule has 0 aliphatic carbocycles. The van der Waals surface area contributed by atoms with Crippen LogP contribution in [0.25, 0.3) is 0 Å². The van der Waals surface area contributed by atoms with Gasteiger partial charge < -0.3 is 20.1 Å². The van der Waals surface area contributed by atoms with Crippen molar-refractivity contribution >= 4 is 29.0 Å². The molecule has 0 atom stereocenters. The molecule has 0 aliphatic heterocycles. The van der Waals surface area contributed by atoms with Gasteiger partial charge in [0.2, 0.25) is 0 Å². The lowest BCUT2D eigenvalue weighted by atomic mass is 10.1. The van der Waals surface area contributed by atoms with E-state index in [1.807, 2.05) is 20.8 Å². The Morgan fingerprint density at radius 1 is 1.08 bits per heavy atom. The quantitative estimate of drug-likeness (QED) is 0.845. The topological polar surface area (TPSA) is 85.4 Å². The first-order valence-corrected chi connectivity index (χ1v) is 7.96. The van der Waals surface area contributed by atoms with Gasteiger partial charge in [-0.2, -0.15) is 0 Å². The zero-order valence-corrected chi connectivity index (χ0v) is 15.6. The average Bonchev–Trinajstić information content (AvgIpc) is 2.55. The smallest absolute Gasteiger partial charge is 0.272 e. The van der Waals surface area contributed by atoms with Crippen molar-refractivity contribution in [3.63, 3.8) is 0 Å². The van der Waals surface area contributed by atoms with E-state index in [1.54, 1.807) is 24.3 Å². The fraction of sp³-hybridized carbons (Fsp3) is 0.353. The van der Waals surface area contributed by atoms with E-state index in [-0.39, 0.29) is 17.1 Å². The molecule has 25 heavy (non-hydrogen) atoms. The van der Waals surface area contributed by atoms with Gasteiger partial charge in [-0.05, 0) is 32.9 Å². The summed E-state index contributed by atoms with van der Waals surface area (Å²) < 4.78 is 10.5. The lowest BCUT2D eigenvalue weighted by Gasteiger charge is -2.19. The second-order valence-corrected chi connectivity index (χ2v) is 6.73. The van der Waals surface area contributed by atoms with Crippen LogP contribution < -0.4 is 20.1 Å². The van der Waals surface area contributed by atoms with E-state index in [4.69, 9.17) is 21.1 Å². The number of benzene rings is 1. The Labute approximate surface area is 151 Å². The number of aromatic nitrogens is 2. The van der Waals surface area contributed by atoms with Crippen LogP contribution in [-0.4, -0.2) is 35.9 Å². The summed E-state index contributed by atoms with van der Waals surface area (Å²) in [6.07, 6.45) is 0. The molecule has 2 rings (SSSR count). The van der Waals surface area contributed by atoms with Crippen molar-refractivity contribution in [1.29, 1.82) is 0 Å². The molecule has 1 aromatic heterocycles. The number of halogens is 1. The Hall–Kier alpha value is -2.54. The number of carbonyl (C=O) groups excluding carboxylic acids is 1. The lowest BCUT2D eigenvalue weighted by Crippen LogP contribution is -2.41. The van der Waals surface area contributed by atoms with Crippen molar-refractivity contribution in [1.82, 2.24) is 15.5 Å². The highest BCUT2D eigenvalue weighted by molar-refractivity contribution is 6.32. The number of methoxy groups -OCH3 is 2. The molecule has 2 N–H and O–H groups in total. The van der Waals surface area contributed by atoms with E-state index in [9.17, 15) is 4.79 Å². The number of carbonyl (C=O) groups is 1. The fourth-order valence-electron chi connectivity index (χ4n) is 2.02. The molecule has 0 aliphatic rings. The number of ether oxygens (including phenoxy) is 2. The Bertz CT molecular complexity index is 758. The molecule has 0 unspecified atom stereocenters. The number of hydrogen-bond acceptors (Lipinski definition) is 6. The molecule has 0 fully saturated rings. The van der Waals surface area contributed by atoms with E-state index >= 15 is 0 Å². The molecule has 0 spiro atoms. The summed E-state index contributed by atoms with van der Waals surface area (Å²) in [5, 5.41) is 14.3. The van der Waals surface area contributed by atoms with Gasteiger partial charge in [-0.25, -0.2) is 0 Å². The molecule has 1 heterocycles. The van der Waals surface area contributed by atoms with E-state index in [0.717, 1.165) is 0 Å². The lowest BCUT2D eigenvalue weighted by molar-refractivity contribution is 0.0913. The van der Waals surface area contributed by atoms with Gasteiger partial charge >= 0.3 is 0 Å². The predicted molar refractivity (Wildman–Crippen MR) is 97.1 cm³/mol. The molecule has 134 valence electrons. The Balaban J connectivity index is 2.20. The maximum atomic E-state index is 12.1. The number of nitrogens with zero attached hydrogens (tertiary/aromatic N) is 2. The van der Waals surface area contributed by atoms with Gasteiger partial charge in [-0.1, -0.05) is 11.6 Å². The molecular formula is C17H21ClN4O3. The molecule has 1 aromatic carbocycles. The first-order chi connectivity index (χ1) is 11.7. The van der Waals surface area contributed by atoms with Crippen LogP contribution in [0.3, 0.4) is 0 Å². The van der Waals surface area contributed by atoms with Gasteiger partial charge in [0.25, 0.3) is 5.91 Å². The van der Waals surface area contributed by atoms with Crippen molar-refractivity contribution in [3.8, 4) is 11.5 Å². The Kier molecular flexibility index (Phi) is 5.69. The van der Waals surface area contributed by atoms with Crippen molar-refractivity contribution < 1.29 is 14.3 Å². The van der Waals surface area contributed by atoms with Crippen LogP contribution in [0.2, 0.25) is 5.02 Å². The summed E-state index contributed by atoms with van der Waals surface area (Å²) in [5.74, 6) is 1.20. The number of hydrogen-bond donors (Lipinski definition) is 2.